The highest BCUT2D eigenvalue weighted by atomic mass is 32.2. The summed E-state index contributed by atoms with van der Waals surface area (Å²) >= 11 is 0. The molecule has 0 aliphatic carbocycles. The Morgan fingerprint density at radius 3 is 2.44 bits per heavy atom. The average molecular weight is 274 g/mol. The van der Waals surface area contributed by atoms with Crippen molar-refractivity contribution in [3.8, 4) is 0 Å². The number of nitrogens with zero attached hydrogens (tertiary/aromatic N) is 2. The molecule has 0 radical (unpaired) electrons. The lowest BCUT2D eigenvalue weighted by Crippen LogP contribution is -2.37. The molecule has 0 saturated heterocycles. The summed E-state index contributed by atoms with van der Waals surface area (Å²) in [5, 5.41) is 6.72. The summed E-state index contributed by atoms with van der Waals surface area (Å²) in [5.41, 5.74) is 1.21. The number of aromatic nitrogens is 2. The quantitative estimate of drug-likeness (QED) is 0.806. The molecule has 18 heavy (non-hydrogen) atoms. The molecule has 1 heterocycles. The number of hydrogen-bond donors (Lipinski definition) is 2. The van der Waals surface area contributed by atoms with Gasteiger partial charge in [-0.05, 0) is 13.8 Å². The van der Waals surface area contributed by atoms with Crippen LogP contribution < -0.4 is 10.0 Å². The van der Waals surface area contributed by atoms with Gasteiger partial charge in [0.1, 0.15) is 0 Å². The van der Waals surface area contributed by atoms with Gasteiger partial charge in [0.2, 0.25) is 10.0 Å². The Bertz CT molecular complexity index is 493. The fraction of sp³-hybridized carbons (Fsp3) is 0.727. The molecule has 0 spiro atoms. The largest absolute Gasteiger partial charge is 0.313 e. The first kappa shape index (κ1) is 15.0. The van der Waals surface area contributed by atoms with Gasteiger partial charge < -0.3 is 5.32 Å². The second kappa shape index (κ2) is 5.71. The van der Waals surface area contributed by atoms with Crippen LogP contribution in [0.3, 0.4) is 0 Å². The minimum Gasteiger partial charge on any atom is -0.313 e. The van der Waals surface area contributed by atoms with E-state index in [-0.39, 0.29) is 6.04 Å². The summed E-state index contributed by atoms with van der Waals surface area (Å²) in [6.45, 7) is 7.85. The molecule has 0 fully saturated rings. The van der Waals surface area contributed by atoms with Crippen LogP contribution in [-0.4, -0.2) is 36.0 Å². The normalized spacial score (nSPS) is 13.9. The summed E-state index contributed by atoms with van der Waals surface area (Å²) in [5.74, 6) is 0. The van der Waals surface area contributed by atoms with E-state index in [4.69, 9.17) is 0 Å². The zero-order valence-corrected chi connectivity index (χ0v) is 12.4. The average Bonchev–Trinajstić information content (AvgIpc) is 2.53. The highest BCUT2D eigenvalue weighted by Crippen LogP contribution is 2.15. The lowest BCUT2D eigenvalue weighted by atomic mass is 10.3. The topological polar surface area (TPSA) is 76.0 Å². The maximum Gasteiger partial charge on any atom is 0.236 e. The standard InChI is InChI=1S/C11H22N4O2S/c1-8(2)12-6-9(3)18(16,17)14-11-7-15(5)13-10(11)4/h7-9,12,14H,6H2,1-5H3. The van der Waals surface area contributed by atoms with Crippen LogP contribution >= 0.6 is 0 Å². The SMILES string of the molecule is Cc1nn(C)cc1NS(=O)(=O)C(C)CNC(C)C. The molecule has 1 aromatic rings. The zero-order valence-electron chi connectivity index (χ0n) is 11.6. The predicted octanol–water partition coefficient (Wildman–Crippen LogP) is 0.857. The van der Waals surface area contributed by atoms with E-state index in [1.807, 2.05) is 13.8 Å². The number of sulfonamides is 1. The minimum atomic E-state index is -3.38. The highest BCUT2D eigenvalue weighted by Gasteiger charge is 2.22. The monoisotopic (exact) mass is 274 g/mol. The summed E-state index contributed by atoms with van der Waals surface area (Å²) in [6, 6.07) is 0.266. The van der Waals surface area contributed by atoms with Crippen molar-refractivity contribution in [2.45, 2.75) is 39.0 Å². The van der Waals surface area contributed by atoms with Crippen molar-refractivity contribution < 1.29 is 8.42 Å². The third kappa shape index (κ3) is 3.99. The number of anilines is 1. The van der Waals surface area contributed by atoms with E-state index in [1.165, 1.54) is 0 Å². The van der Waals surface area contributed by atoms with E-state index < -0.39 is 15.3 Å². The molecule has 7 heteroatoms. The predicted molar refractivity (Wildman–Crippen MR) is 73.1 cm³/mol. The van der Waals surface area contributed by atoms with Crippen molar-refractivity contribution >= 4 is 15.7 Å². The minimum absolute atomic E-state index is 0.266. The van der Waals surface area contributed by atoms with Crippen molar-refractivity contribution in [1.29, 1.82) is 0 Å². The van der Waals surface area contributed by atoms with E-state index in [0.717, 1.165) is 0 Å². The molecule has 1 atom stereocenters. The fourth-order valence-electron chi connectivity index (χ4n) is 1.47. The molecular weight excluding hydrogens is 252 g/mol. The molecule has 1 aromatic heterocycles. The van der Waals surface area contributed by atoms with Gasteiger partial charge in [0.05, 0.1) is 16.6 Å². The summed E-state index contributed by atoms with van der Waals surface area (Å²) in [7, 11) is -1.63. The van der Waals surface area contributed by atoms with Crippen LogP contribution in [0.15, 0.2) is 6.20 Å². The number of rotatable bonds is 6. The Morgan fingerprint density at radius 1 is 1.39 bits per heavy atom. The van der Waals surface area contributed by atoms with Crippen LogP contribution in [0.2, 0.25) is 0 Å². The molecule has 0 saturated carbocycles. The van der Waals surface area contributed by atoms with Crippen LogP contribution in [0, 0.1) is 6.92 Å². The molecule has 1 unspecified atom stereocenters. The number of aryl methyl sites for hydroxylation is 2. The van der Waals surface area contributed by atoms with Gasteiger partial charge in [0, 0.05) is 25.8 Å². The zero-order chi connectivity index (χ0) is 13.9. The molecule has 104 valence electrons. The maximum absolute atomic E-state index is 12.1. The first-order valence-electron chi connectivity index (χ1n) is 5.97. The molecule has 0 aromatic carbocycles. The third-order valence-corrected chi connectivity index (χ3v) is 4.34. The molecular formula is C11H22N4O2S. The fourth-order valence-corrected chi connectivity index (χ4v) is 2.49. The Balaban J connectivity index is 2.72. The van der Waals surface area contributed by atoms with Crippen LogP contribution in [0.4, 0.5) is 5.69 Å². The van der Waals surface area contributed by atoms with Gasteiger partial charge in [-0.15, -0.1) is 0 Å². The Kier molecular flexibility index (Phi) is 4.75. The van der Waals surface area contributed by atoms with Gasteiger partial charge in [-0.25, -0.2) is 8.42 Å². The van der Waals surface area contributed by atoms with E-state index in [0.29, 0.717) is 17.9 Å². The van der Waals surface area contributed by atoms with E-state index in [9.17, 15) is 8.42 Å². The van der Waals surface area contributed by atoms with Crippen LogP contribution in [0.1, 0.15) is 26.5 Å². The highest BCUT2D eigenvalue weighted by molar-refractivity contribution is 7.93. The van der Waals surface area contributed by atoms with Gasteiger partial charge in [0.25, 0.3) is 0 Å². The van der Waals surface area contributed by atoms with Crippen molar-refractivity contribution in [1.82, 2.24) is 15.1 Å². The molecule has 0 bridgehead atoms. The van der Waals surface area contributed by atoms with Crippen LogP contribution in [-0.2, 0) is 17.1 Å². The second-order valence-electron chi connectivity index (χ2n) is 4.82. The summed E-state index contributed by atoms with van der Waals surface area (Å²) in [4.78, 5) is 0. The summed E-state index contributed by atoms with van der Waals surface area (Å²) in [6.07, 6.45) is 1.66. The molecule has 6 nitrogen and oxygen atoms in total. The number of hydrogen-bond acceptors (Lipinski definition) is 4. The second-order valence-corrected chi connectivity index (χ2v) is 6.92. The smallest absolute Gasteiger partial charge is 0.236 e. The molecule has 0 amide bonds. The lowest BCUT2D eigenvalue weighted by Gasteiger charge is -2.16. The molecule has 0 aliphatic rings. The number of nitrogens with one attached hydrogen (secondary N) is 2. The third-order valence-electron chi connectivity index (χ3n) is 2.61. The van der Waals surface area contributed by atoms with Gasteiger partial charge in [-0.2, -0.15) is 5.10 Å². The van der Waals surface area contributed by atoms with Crippen molar-refractivity contribution in [3.63, 3.8) is 0 Å². The van der Waals surface area contributed by atoms with Gasteiger partial charge in [-0.1, -0.05) is 13.8 Å². The Hall–Kier alpha value is -1.08. The van der Waals surface area contributed by atoms with E-state index >= 15 is 0 Å². The van der Waals surface area contributed by atoms with Gasteiger partial charge in [-0.3, -0.25) is 9.40 Å². The summed E-state index contributed by atoms with van der Waals surface area (Å²) < 4.78 is 28.3. The first-order valence-corrected chi connectivity index (χ1v) is 7.52. The van der Waals surface area contributed by atoms with Gasteiger partial charge >= 0.3 is 0 Å². The van der Waals surface area contributed by atoms with E-state index in [2.05, 4.69) is 15.1 Å². The maximum atomic E-state index is 12.1. The van der Waals surface area contributed by atoms with Crippen LogP contribution in [0.5, 0.6) is 0 Å². The lowest BCUT2D eigenvalue weighted by molar-refractivity contribution is 0.553. The van der Waals surface area contributed by atoms with Crippen LogP contribution in [0.25, 0.3) is 0 Å². The first-order chi connectivity index (χ1) is 8.22. The molecule has 2 N–H and O–H groups in total. The molecule has 0 aliphatic heterocycles. The Labute approximate surface area is 109 Å². The van der Waals surface area contributed by atoms with Gasteiger partial charge in [0.15, 0.2) is 0 Å². The Morgan fingerprint density at radius 2 is 2.00 bits per heavy atom. The van der Waals surface area contributed by atoms with Crippen molar-refractivity contribution in [2.24, 2.45) is 7.05 Å². The molecule has 1 rings (SSSR count). The van der Waals surface area contributed by atoms with Crippen molar-refractivity contribution in [2.75, 3.05) is 11.3 Å². The van der Waals surface area contributed by atoms with Crippen molar-refractivity contribution in [3.05, 3.63) is 11.9 Å². The van der Waals surface area contributed by atoms with E-state index in [1.54, 1.807) is 31.8 Å².